The standard InChI is InChI=1S/C21H23F2NO4.ClH/c1-13-20(28-17-11-7-15(23)8-12-17)19(4-2-3-18(24)21(25)26-13)27-16-9-5-14(22)6-10-16;/h5-13,18-20H,2-4,24H2,1H3;1H/t13-,18-,19-,20-;/m0./s1. The summed E-state index contributed by atoms with van der Waals surface area (Å²) in [5.41, 5.74) is 3.85. The Morgan fingerprint density at radius 2 is 1.45 bits per heavy atom. The number of carbonyl (C=O) groups excluding carboxylic acids is 1. The molecular weight excluding hydrogens is 404 g/mol. The first-order valence-electron chi connectivity index (χ1n) is 9.30. The molecule has 1 fully saturated rings. The fourth-order valence-corrected chi connectivity index (χ4v) is 3.15. The predicted octanol–water partition coefficient (Wildman–Crippen LogP) is -0.110. The second kappa shape index (κ2) is 10.4. The van der Waals surface area contributed by atoms with E-state index in [0.29, 0.717) is 30.8 Å². The van der Waals surface area contributed by atoms with Crippen molar-refractivity contribution in [2.24, 2.45) is 0 Å². The number of benzene rings is 2. The van der Waals surface area contributed by atoms with Gasteiger partial charge in [0.05, 0.1) is 0 Å². The summed E-state index contributed by atoms with van der Waals surface area (Å²) in [6.07, 6.45) is 0.137. The number of rotatable bonds is 4. The number of cyclic esters (lactones) is 1. The summed E-state index contributed by atoms with van der Waals surface area (Å²) in [4.78, 5) is 12.2. The van der Waals surface area contributed by atoms with Crippen LogP contribution in [-0.2, 0) is 9.53 Å². The van der Waals surface area contributed by atoms with Crippen LogP contribution in [0.5, 0.6) is 11.5 Å². The summed E-state index contributed by atoms with van der Waals surface area (Å²) < 4.78 is 44.1. The molecule has 29 heavy (non-hydrogen) atoms. The van der Waals surface area contributed by atoms with Crippen LogP contribution in [0, 0.1) is 11.6 Å². The lowest BCUT2D eigenvalue weighted by Crippen LogP contribution is -3.00. The summed E-state index contributed by atoms with van der Waals surface area (Å²) in [6, 6.07) is 10.9. The van der Waals surface area contributed by atoms with Gasteiger partial charge in [-0.15, -0.1) is 0 Å². The fraction of sp³-hybridized carbons (Fsp3) is 0.381. The minimum absolute atomic E-state index is 0. The van der Waals surface area contributed by atoms with Crippen LogP contribution in [0.4, 0.5) is 8.78 Å². The van der Waals surface area contributed by atoms with Crippen molar-refractivity contribution in [1.29, 1.82) is 0 Å². The zero-order valence-electron chi connectivity index (χ0n) is 16.0. The van der Waals surface area contributed by atoms with E-state index in [-0.39, 0.29) is 30.0 Å². The van der Waals surface area contributed by atoms with Gasteiger partial charge in [0.15, 0.2) is 12.1 Å². The third kappa shape index (κ3) is 6.30. The van der Waals surface area contributed by atoms with E-state index >= 15 is 0 Å². The van der Waals surface area contributed by atoms with Crippen LogP contribution in [0.25, 0.3) is 0 Å². The van der Waals surface area contributed by atoms with Crippen LogP contribution in [0.15, 0.2) is 48.5 Å². The molecule has 0 spiro atoms. The molecule has 8 heteroatoms. The molecule has 0 aromatic heterocycles. The van der Waals surface area contributed by atoms with Crippen LogP contribution in [0.2, 0.25) is 0 Å². The monoisotopic (exact) mass is 427 g/mol. The highest BCUT2D eigenvalue weighted by molar-refractivity contribution is 5.74. The summed E-state index contributed by atoms with van der Waals surface area (Å²) in [6.45, 7) is 1.73. The molecular formula is C21H24ClF2NO4. The molecule has 3 rings (SSSR count). The lowest BCUT2D eigenvalue weighted by atomic mass is 10.0. The van der Waals surface area contributed by atoms with E-state index in [1.807, 2.05) is 0 Å². The zero-order valence-corrected chi connectivity index (χ0v) is 16.8. The molecule has 1 heterocycles. The largest absolute Gasteiger partial charge is 1.00 e. The van der Waals surface area contributed by atoms with Gasteiger partial charge in [0.25, 0.3) is 0 Å². The Hall–Kier alpha value is -2.38. The van der Waals surface area contributed by atoms with E-state index in [1.54, 1.807) is 6.92 Å². The number of quaternary nitrogens is 1. The van der Waals surface area contributed by atoms with E-state index in [4.69, 9.17) is 14.2 Å². The van der Waals surface area contributed by atoms with Crippen molar-refractivity contribution >= 4 is 5.97 Å². The van der Waals surface area contributed by atoms with Gasteiger partial charge in [0.1, 0.15) is 35.3 Å². The highest BCUT2D eigenvalue weighted by Crippen LogP contribution is 2.25. The van der Waals surface area contributed by atoms with Gasteiger partial charge < -0.3 is 32.4 Å². The number of halogens is 3. The van der Waals surface area contributed by atoms with Crippen molar-refractivity contribution in [3.05, 3.63) is 60.2 Å². The lowest BCUT2D eigenvalue weighted by molar-refractivity contribution is -0.410. The molecule has 5 nitrogen and oxygen atoms in total. The highest BCUT2D eigenvalue weighted by Gasteiger charge is 2.36. The second-order valence-electron chi connectivity index (χ2n) is 6.92. The van der Waals surface area contributed by atoms with Crippen LogP contribution in [-0.4, -0.2) is 30.3 Å². The van der Waals surface area contributed by atoms with E-state index in [2.05, 4.69) is 5.73 Å². The maximum atomic E-state index is 13.2. The number of ether oxygens (including phenoxy) is 3. The Kier molecular flexibility index (Phi) is 8.22. The summed E-state index contributed by atoms with van der Waals surface area (Å²) in [7, 11) is 0. The molecule has 0 aliphatic carbocycles. The van der Waals surface area contributed by atoms with E-state index in [0.717, 1.165) is 0 Å². The molecule has 2 aromatic carbocycles. The molecule has 0 amide bonds. The minimum Gasteiger partial charge on any atom is -1.00 e. The maximum Gasteiger partial charge on any atom is 0.365 e. The summed E-state index contributed by atoms with van der Waals surface area (Å²) in [5, 5.41) is 0. The first-order chi connectivity index (χ1) is 13.4. The Morgan fingerprint density at radius 3 is 2.00 bits per heavy atom. The normalized spacial score (nSPS) is 24.9. The molecule has 1 aliphatic rings. The van der Waals surface area contributed by atoms with Crippen molar-refractivity contribution < 1.29 is 45.9 Å². The zero-order chi connectivity index (χ0) is 20.1. The van der Waals surface area contributed by atoms with Crippen molar-refractivity contribution in [2.75, 3.05) is 0 Å². The molecule has 4 atom stereocenters. The molecule has 0 saturated carbocycles. The lowest BCUT2D eigenvalue weighted by Gasteiger charge is -2.31. The molecule has 0 unspecified atom stereocenters. The van der Waals surface area contributed by atoms with Crippen molar-refractivity contribution in [2.45, 2.75) is 50.5 Å². The van der Waals surface area contributed by atoms with Crippen molar-refractivity contribution in [3.8, 4) is 11.5 Å². The SMILES string of the molecule is C[C@@H]1OC(=O)[C@@H]([NH3+])CCC[C@H](Oc2ccc(F)cc2)[C@H]1Oc1ccc(F)cc1.[Cl-]. The Labute approximate surface area is 174 Å². The van der Waals surface area contributed by atoms with Gasteiger partial charge >= 0.3 is 5.97 Å². The van der Waals surface area contributed by atoms with Crippen LogP contribution in [0.1, 0.15) is 26.2 Å². The van der Waals surface area contributed by atoms with Crippen molar-refractivity contribution in [1.82, 2.24) is 0 Å². The van der Waals surface area contributed by atoms with Gasteiger partial charge in [0.2, 0.25) is 0 Å². The average molecular weight is 428 g/mol. The third-order valence-corrected chi connectivity index (χ3v) is 4.69. The van der Waals surface area contributed by atoms with Gasteiger partial charge in [-0.2, -0.15) is 0 Å². The van der Waals surface area contributed by atoms with Crippen LogP contribution >= 0.6 is 0 Å². The molecule has 0 bridgehead atoms. The molecule has 0 radical (unpaired) electrons. The number of hydrogen-bond donors (Lipinski definition) is 1. The fourth-order valence-electron chi connectivity index (χ4n) is 3.15. The van der Waals surface area contributed by atoms with Gasteiger partial charge in [0, 0.05) is 6.42 Å². The van der Waals surface area contributed by atoms with Crippen molar-refractivity contribution in [3.63, 3.8) is 0 Å². The smallest absolute Gasteiger partial charge is 0.365 e. The first kappa shape index (κ1) is 22.9. The summed E-state index contributed by atoms with van der Waals surface area (Å²) in [5.74, 6) is -0.193. The number of carbonyl (C=O) groups is 1. The Morgan fingerprint density at radius 1 is 0.931 bits per heavy atom. The molecule has 1 aliphatic heterocycles. The highest BCUT2D eigenvalue weighted by atomic mass is 35.5. The topological polar surface area (TPSA) is 72.4 Å². The van der Waals surface area contributed by atoms with E-state index in [1.165, 1.54) is 48.5 Å². The van der Waals surface area contributed by atoms with Gasteiger partial charge in [-0.05, 0) is 68.3 Å². The number of hydrogen-bond acceptors (Lipinski definition) is 4. The quantitative estimate of drug-likeness (QED) is 0.691. The Bertz CT molecular complexity index is 788. The Balaban J connectivity index is 0.00000300. The molecule has 3 N–H and O–H groups in total. The molecule has 1 saturated heterocycles. The first-order valence-corrected chi connectivity index (χ1v) is 9.30. The van der Waals surface area contributed by atoms with E-state index in [9.17, 15) is 13.6 Å². The van der Waals surface area contributed by atoms with Gasteiger partial charge in [-0.3, -0.25) is 0 Å². The summed E-state index contributed by atoms with van der Waals surface area (Å²) >= 11 is 0. The maximum absolute atomic E-state index is 13.2. The van der Waals surface area contributed by atoms with E-state index < -0.39 is 24.4 Å². The predicted molar refractivity (Wildman–Crippen MR) is 97.7 cm³/mol. The van der Waals surface area contributed by atoms with Gasteiger partial charge in [-0.1, -0.05) is 0 Å². The minimum atomic E-state index is -0.634. The second-order valence-corrected chi connectivity index (χ2v) is 6.92. The van der Waals surface area contributed by atoms with Crippen LogP contribution in [0.3, 0.4) is 0 Å². The molecule has 158 valence electrons. The number of esters is 1. The average Bonchev–Trinajstić information content (AvgIpc) is 2.71. The van der Waals surface area contributed by atoms with Gasteiger partial charge in [-0.25, -0.2) is 13.6 Å². The van der Waals surface area contributed by atoms with Crippen LogP contribution < -0.4 is 27.6 Å². The third-order valence-electron chi connectivity index (χ3n) is 4.69. The molecule has 2 aromatic rings.